The van der Waals surface area contributed by atoms with Crippen LogP contribution in [0.25, 0.3) is 0 Å². The predicted molar refractivity (Wildman–Crippen MR) is 213 cm³/mol. The maximum Gasteiger partial charge on any atom is 0.306 e. The summed E-state index contributed by atoms with van der Waals surface area (Å²) in [6, 6.07) is 25.4. The molecule has 0 saturated carbocycles. The molecule has 0 amide bonds. The lowest BCUT2D eigenvalue weighted by Crippen LogP contribution is -2.37. The van der Waals surface area contributed by atoms with Gasteiger partial charge in [-0.3, -0.25) is 9.59 Å². The summed E-state index contributed by atoms with van der Waals surface area (Å²) in [4.78, 5) is 37.7. The van der Waals surface area contributed by atoms with Crippen molar-refractivity contribution in [2.24, 2.45) is 0 Å². The molecule has 0 heterocycles. The number of Topliss-reactive ketones (excluding diaryl/α,β-unsaturated/α-hetero) is 2. The van der Waals surface area contributed by atoms with Crippen LogP contribution in [0.4, 0.5) is 0 Å². The molecule has 3 aromatic carbocycles. The van der Waals surface area contributed by atoms with E-state index in [2.05, 4.69) is 6.92 Å². The molecule has 7 heteroatoms. The topological polar surface area (TPSA) is 88.1 Å². The van der Waals surface area contributed by atoms with E-state index < -0.39 is 17.7 Å². The molecule has 1 unspecified atom stereocenters. The Morgan fingerprint density at radius 1 is 0.566 bits per heavy atom. The highest BCUT2D eigenvalue weighted by Crippen LogP contribution is 2.42. The van der Waals surface area contributed by atoms with E-state index in [0.29, 0.717) is 24.3 Å². The van der Waals surface area contributed by atoms with Gasteiger partial charge in [-0.2, -0.15) is 0 Å². The summed E-state index contributed by atoms with van der Waals surface area (Å²) in [6.45, 7) is 3.75. The summed E-state index contributed by atoms with van der Waals surface area (Å²) < 4.78 is 23.9. The van der Waals surface area contributed by atoms with E-state index in [1.165, 1.54) is 71.1 Å². The lowest BCUT2D eigenvalue weighted by atomic mass is 9.80. The molecular weight excluding hydrogens is 664 g/mol. The molecule has 0 radical (unpaired) electrons. The zero-order valence-electron chi connectivity index (χ0n) is 32.9. The van der Waals surface area contributed by atoms with E-state index in [9.17, 15) is 14.4 Å². The quantitative estimate of drug-likeness (QED) is 0.0399. The Bertz CT molecular complexity index is 1400. The fraction of sp³-hybridized carbons (Fsp3) is 0.543. The number of benzene rings is 3. The normalized spacial score (nSPS) is 11.9. The zero-order valence-corrected chi connectivity index (χ0v) is 32.9. The second-order valence-electron chi connectivity index (χ2n) is 14.2. The van der Waals surface area contributed by atoms with Gasteiger partial charge in [0, 0.05) is 19.3 Å². The molecule has 0 aliphatic carbocycles. The third-order valence-electron chi connectivity index (χ3n) is 9.94. The fourth-order valence-corrected chi connectivity index (χ4v) is 6.78. The van der Waals surface area contributed by atoms with Crippen molar-refractivity contribution in [1.29, 1.82) is 0 Å². The number of carbonyl (C=O) groups excluding carboxylic acids is 3. The number of ketones is 2. The van der Waals surface area contributed by atoms with E-state index in [-0.39, 0.29) is 37.4 Å². The van der Waals surface area contributed by atoms with E-state index in [0.717, 1.165) is 36.0 Å². The Hall–Kier alpha value is -3.97. The van der Waals surface area contributed by atoms with Gasteiger partial charge in [-0.25, -0.2) is 0 Å². The Morgan fingerprint density at radius 3 is 1.51 bits per heavy atom. The molecular formula is C46H64O7. The van der Waals surface area contributed by atoms with Crippen LogP contribution < -0.4 is 9.47 Å². The number of ether oxygens (including phenoxy) is 4. The molecule has 3 aromatic rings. The highest BCUT2D eigenvalue weighted by atomic mass is 16.6. The molecule has 0 N–H and O–H groups in total. The Balaban J connectivity index is 1.68. The predicted octanol–water partition coefficient (Wildman–Crippen LogP) is 11.1. The number of hydrogen-bond acceptors (Lipinski definition) is 7. The van der Waals surface area contributed by atoms with E-state index in [4.69, 9.17) is 18.9 Å². The number of esters is 1. The summed E-state index contributed by atoms with van der Waals surface area (Å²) in [6.07, 6.45) is 16.9. The SMILES string of the molecule is CCCCCCCCCCCCCCCC(=O)CCC(COC(c1ccccc1)(c1ccc(OC)cc1)c1ccc(OC)cc1)OC(=O)CCC(C)=O. The summed E-state index contributed by atoms with van der Waals surface area (Å²) in [7, 11) is 3.26. The molecule has 0 aliphatic rings. The average Bonchev–Trinajstić information content (AvgIpc) is 3.18. The van der Waals surface area contributed by atoms with Gasteiger partial charge in [-0.05, 0) is 60.7 Å². The maximum absolute atomic E-state index is 13.1. The van der Waals surface area contributed by atoms with Crippen molar-refractivity contribution in [3.63, 3.8) is 0 Å². The summed E-state index contributed by atoms with van der Waals surface area (Å²) in [5.41, 5.74) is 1.50. The number of methoxy groups -OCH3 is 2. The first-order chi connectivity index (χ1) is 25.8. The average molecular weight is 729 g/mol. The first-order valence-electron chi connectivity index (χ1n) is 20.0. The molecule has 0 spiro atoms. The lowest BCUT2D eigenvalue weighted by molar-refractivity contribution is -0.156. The van der Waals surface area contributed by atoms with Crippen LogP contribution in [-0.2, 0) is 29.5 Å². The van der Waals surface area contributed by atoms with Crippen molar-refractivity contribution < 1.29 is 33.3 Å². The van der Waals surface area contributed by atoms with Crippen molar-refractivity contribution in [3.05, 3.63) is 95.6 Å². The van der Waals surface area contributed by atoms with E-state index in [1.807, 2.05) is 78.9 Å². The minimum atomic E-state index is -1.09. The van der Waals surface area contributed by atoms with Gasteiger partial charge < -0.3 is 23.7 Å². The molecule has 1 atom stereocenters. The standard InChI is InChI=1S/C46H64O7/c1-5-6-7-8-9-10-11-12-13-14-15-16-20-23-41(48)29-34-44(53-45(49)35-24-37(2)47)36-52-46(38-21-18-17-19-22-38,39-25-30-42(50-3)31-26-39)40-27-32-43(51-4)33-28-40/h17-19,21-22,25-28,30-33,44H,5-16,20,23-24,29,34-36H2,1-4H3. The zero-order chi connectivity index (χ0) is 38.2. The van der Waals surface area contributed by atoms with Crippen LogP contribution >= 0.6 is 0 Å². The largest absolute Gasteiger partial charge is 0.497 e. The van der Waals surface area contributed by atoms with Crippen molar-refractivity contribution in [2.45, 2.75) is 141 Å². The van der Waals surface area contributed by atoms with Crippen LogP contribution in [0, 0.1) is 0 Å². The van der Waals surface area contributed by atoms with Gasteiger partial charge in [-0.15, -0.1) is 0 Å². The molecule has 0 aliphatic heterocycles. The minimum absolute atomic E-state index is 0.0144. The number of rotatable bonds is 29. The van der Waals surface area contributed by atoms with Crippen LogP contribution in [0.3, 0.4) is 0 Å². The van der Waals surface area contributed by atoms with Gasteiger partial charge >= 0.3 is 5.97 Å². The number of carbonyl (C=O) groups is 3. The third-order valence-corrected chi connectivity index (χ3v) is 9.94. The maximum atomic E-state index is 13.1. The second kappa shape index (κ2) is 25.1. The van der Waals surface area contributed by atoms with Gasteiger partial charge in [0.2, 0.25) is 0 Å². The Kier molecular flexibility index (Phi) is 20.6. The second-order valence-corrected chi connectivity index (χ2v) is 14.2. The summed E-state index contributed by atoms with van der Waals surface area (Å²) in [5.74, 6) is 1.04. The molecule has 53 heavy (non-hydrogen) atoms. The van der Waals surface area contributed by atoms with Crippen LogP contribution in [-0.4, -0.2) is 44.5 Å². The lowest BCUT2D eigenvalue weighted by Gasteiger charge is -2.37. The van der Waals surface area contributed by atoms with Gasteiger partial charge in [0.15, 0.2) is 0 Å². The van der Waals surface area contributed by atoms with Crippen LogP contribution in [0.15, 0.2) is 78.9 Å². The van der Waals surface area contributed by atoms with Crippen LogP contribution in [0.2, 0.25) is 0 Å². The summed E-state index contributed by atoms with van der Waals surface area (Å²) in [5, 5.41) is 0. The van der Waals surface area contributed by atoms with Gasteiger partial charge in [0.25, 0.3) is 0 Å². The smallest absolute Gasteiger partial charge is 0.306 e. The summed E-state index contributed by atoms with van der Waals surface area (Å²) >= 11 is 0. The highest BCUT2D eigenvalue weighted by Gasteiger charge is 2.39. The monoisotopic (exact) mass is 728 g/mol. The van der Waals surface area contributed by atoms with Gasteiger partial charge in [0.05, 0.1) is 27.2 Å². The van der Waals surface area contributed by atoms with Crippen molar-refractivity contribution in [1.82, 2.24) is 0 Å². The number of unbranched alkanes of at least 4 members (excludes halogenated alkanes) is 12. The Morgan fingerprint density at radius 2 is 1.04 bits per heavy atom. The van der Waals surface area contributed by atoms with Crippen molar-refractivity contribution in [3.8, 4) is 11.5 Å². The molecule has 0 bridgehead atoms. The van der Waals surface area contributed by atoms with Crippen LogP contribution in [0.1, 0.15) is 146 Å². The molecule has 0 fully saturated rings. The fourth-order valence-electron chi connectivity index (χ4n) is 6.78. The molecule has 3 rings (SSSR count). The Labute approximate surface area is 319 Å². The molecule has 290 valence electrons. The van der Waals surface area contributed by atoms with Crippen molar-refractivity contribution in [2.75, 3.05) is 20.8 Å². The van der Waals surface area contributed by atoms with Gasteiger partial charge in [-0.1, -0.05) is 139 Å². The van der Waals surface area contributed by atoms with E-state index >= 15 is 0 Å². The third kappa shape index (κ3) is 15.5. The minimum Gasteiger partial charge on any atom is -0.497 e. The highest BCUT2D eigenvalue weighted by molar-refractivity contribution is 5.81. The molecule has 0 saturated heterocycles. The number of hydrogen-bond donors (Lipinski definition) is 0. The van der Waals surface area contributed by atoms with E-state index in [1.54, 1.807) is 14.2 Å². The first-order valence-corrected chi connectivity index (χ1v) is 20.0. The van der Waals surface area contributed by atoms with Gasteiger partial charge in [0.1, 0.15) is 34.8 Å². The van der Waals surface area contributed by atoms with Crippen LogP contribution in [0.5, 0.6) is 11.5 Å². The molecule has 7 nitrogen and oxygen atoms in total. The van der Waals surface area contributed by atoms with Crippen molar-refractivity contribution >= 4 is 17.5 Å². The molecule has 0 aromatic heterocycles. The first kappa shape index (κ1) is 43.4.